The van der Waals surface area contributed by atoms with E-state index in [0.29, 0.717) is 23.1 Å². The number of carbonyl (C=O) groups excluding carboxylic acids is 1. The molecule has 0 spiro atoms. The van der Waals surface area contributed by atoms with Crippen LogP contribution in [0.3, 0.4) is 0 Å². The maximum absolute atomic E-state index is 12.6. The highest BCUT2D eigenvalue weighted by atomic mass is 32.2. The van der Waals surface area contributed by atoms with Crippen LogP contribution in [0.1, 0.15) is 27.6 Å². The number of rotatable bonds is 4. The lowest BCUT2D eigenvalue weighted by Crippen LogP contribution is -2.15. The normalized spacial score (nSPS) is 15.9. The third-order valence-electron chi connectivity index (χ3n) is 5.43. The van der Waals surface area contributed by atoms with Gasteiger partial charge in [0.05, 0.1) is 41.1 Å². The van der Waals surface area contributed by atoms with Crippen LogP contribution in [0.25, 0.3) is 15.3 Å². The highest BCUT2D eigenvalue weighted by Crippen LogP contribution is 2.46. The third kappa shape index (κ3) is 3.51. The number of fused-ring (bicyclic) bond motifs is 2. The van der Waals surface area contributed by atoms with Gasteiger partial charge in [-0.25, -0.2) is 4.98 Å². The Labute approximate surface area is 193 Å². The lowest BCUT2D eigenvalue weighted by molar-refractivity contribution is -0.113. The average Bonchev–Trinajstić information content (AvgIpc) is 3.28. The molecule has 0 radical (unpaired) electrons. The molecule has 1 aliphatic rings. The Morgan fingerprint density at radius 2 is 1.91 bits per heavy atom. The molecule has 0 bridgehead atoms. The second-order valence-electron chi connectivity index (χ2n) is 7.58. The van der Waals surface area contributed by atoms with Crippen molar-refractivity contribution in [2.45, 2.75) is 19.1 Å². The summed E-state index contributed by atoms with van der Waals surface area (Å²) in [5.74, 6) is 2.28. The standard InChI is InChI=1S/C23H22N4O3S2/c1-12-5-7-15-18(9-12)32-23(24-15)27-22-20(13(2)26-27)21(31-11-19(28)25-22)14-6-8-16(29-3)17(10-14)30-4/h5-10,21H,11H2,1-4H3,(H,25,28)/t21-/m1/s1. The summed E-state index contributed by atoms with van der Waals surface area (Å²) < 4.78 is 13.8. The van der Waals surface area contributed by atoms with Crippen LogP contribution in [0.4, 0.5) is 5.82 Å². The van der Waals surface area contributed by atoms with Gasteiger partial charge in [-0.2, -0.15) is 9.78 Å². The number of anilines is 1. The van der Waals surface area contributed by atoms with Crippen LogP contribution in [0.2, 0.25) is 0 Å². The molecule has 0 aliphatic carbocycles. The summed E-state index contributed by atoms with van der Waals surface area (Å²) in [6, 6.07) is 12.0. The smallest absolute Gasteiger partial charge is 0.235 e. The molecule has 3 heterocycles. The van der Waals surface area contributed by atoms with E-state index in [1.54, 1.807) is 42.0 Å². The molecule has 7 nitrogen and oxygen atoms in total. The lowest BCUT2D eigenvalue weighted by Gasteiger charge is -2.17. The second-order valence-corrected chi connectivity index (χ2v) is 9.68. The molecule has 0 unspecified atom stereocenters. The van der Waals surface area contributed by atoms with Crippen molar-refractivity contribution in [1.29, 1.82) is 0 Å². The molecular weight excluding hydrogens is 444 g/mol. The summed E-state index contributed by atoms with van der Waals surface area (Å²) in [7, 11) is 3.24. The number of nitrogens with zero attached hydrogens (tertiary/aromatic N) is 3. The second kappa shape index (κ2) is 8.14. The summed E-state index contributed by atoms with van der Waals surface area (Å²) in [5.41, 5.74) is 4.95. The van der Waals surface area contributed by atoms with E-state index >= 15 is 0 Å². The van der Waals surface area contributed by atoms with Gasteiger partial charge in [0.1, 0.15) is 5.82 Å². The zero-order valence-electron chi connectivity index (χ0n) is 18.1. The summed E-state index contributed by atoms with van der Waals surface area (Å²) in [6.07, 6.45) is 0. The van der Waals surface area contributed by atoms with Gasteiger partial charge in [0.15, 0.2) is 11.5 Å². The van der Waals surface area contributed by atoms with Gasteiger partial charge >= 0.3 is 0 Å². The Morgan fingerprint density at radius 1 is 1.09 bits per heavy atom. The minimum Gasteiger partial charge on any atom is -0.493 e. The molecule has 0 saturated heterocycles. The van der Waals surface area contributed by atoms with Crippen LogP contribution in [0.5, 0.6) is 11.5 Å². The summed E-state index contributed by atoms with van der Waals surface area (Å²) in [5, 5.41) is 8.50. The molecule has 9 heteroatoms. The van der Waals surface area contributed by atoms with Crippen LogP contribution in [-0.4, -0.2) is 40.6 Å². The van der Waals surface area contributed by atoms with Gasteiger partial charge in [0.25, 0.3) is 0 Å². The van der Waals surface area contributed by atoms with E-state index < -0.39 is 0 Å². The fraction of sp³-hybridized carbons (Fsp3) is 0.261. The monoisotopic (exact) mass is 466 g/mol. The molecular formula is C23H22N4O3S2. The molecule has 2 aromatic heterocycles. The van der Waals surface area contributed by atoms with Crippen molar-refractivity contribution >= 4 is 45.0 Å². The van der Waals surface area contributed by atoms with Gasteiger partial charge in [0.2, 0.25) is 11.0 Å². The molecule has 32 heavy (non-hydrogen) atoms. The number of hydrogen-bond donors (Lipinski definition) is 1. The fourth-order valence-electron chi connectivity index (χ4n) is 3.91. The van der Waals surface area contributed by atoms with Gasteiger partial charge in [0, 0.05) is 5.56 Å². The van der Waals surface area contributed by atoms with Gasteiger partial charge in [-0.3, -0.25) is 4.79 Å². The number of hydrogen-bond acceptors (Lipinski definition) is 7. The average molecular weight is 467 g/mol. The van der Waals surface area contributed by atoms with Crippen molar-refractivity contribution in [1.82, 2.24) is 14.8 Å². The van der Waals surface area contributed by atoms with Crippen molar-refractivity contribution in [2.24, 2.45) is 0 Å². The molecule has 1 N–H and O–H groups in total. The first kappa shape index (κ1) is 20.8. The Hall–Kier alpha value is -3.04. The summed E-state index contributed by atoms with van der Waals surface area (Å²) in [6.45, 7) is 4.03. The molecule has 0 saturated carbocycles. The molecule has 1 atom stereocenters. The number of aromatic nitrogens is 3. The predicted molar refractivity (Wildman–Crippen MR) is 129 cm³/mol. The van der Waals surface area contributed by atoms with Crippen LogP contribution in [-0.2, 0) is 4.79 Å². The molecule has 2 aromatic carbocycles. The number of thiazole rings is 1. The quantitative estimate of drug-likeness (QED) is 0.461. The van der Waals surface area contributed by atoms with Gasteiger partial charge in [-0.1, -0.05) is 23.5 Å². The van der Waals surface area contributed by atoms with Crippen molar-refractivity contribution in [3.05, 3.63) is 58.8 Å². The third-order valence-corrected chi connectivity index (χ3v) is 7.70. The Bertz CT molecular complexity index is 1340. The van der Waals surface area contributed by atoms with E-state index in [1.165, 1.54) is 5.56 Å². The summed E-state index contributed by atoms with van der Waals surface area (Å²) in [4.78, 5) is 17.4. The van der Waals surface area contributed by atoms with Crippen LogP contribution in [0, 0.1) is 13.8 Å². The van der Waals surface area contributed by atoms with E-state index in [-0.39, 0.29) is 11.2 Å². The van der Waals surface area contributed by atoms with E-state index in [1.807, 2.05) is 37.3 Å². The molecule has 164 valence electrons. The van der Waals surface area contributed by atoms with Gasteiger partial charge < -0.3 is 14.8 Å². The van der Waals surface area contributed by atoms with Crippen molar-refractivity contribution in [2.75, 3.05) is 25.3 Å². The minimum absolute atomic E-state index is 0.0580. The zero-order chi connectivity index (χ0) is 22.4. The largest absolute Gasteiger partial charge is 0.493 e. The van der Waals surface area contributed by atoms with E-state index in [0.717, 1.165) is 32.2 Å². The van der Waals surface area contributed by atoms with Crippen molar-refractivity contribution in [3.63, 3.8) is 0 Å². The molecule has 1 amide bonds. The molecule has 4 aromatic rings. The molecule has 5 rings (SSSR count). The number of methoxy groups -OCH3 is 2. The summed E-state index contributed by atoms with van der Waals surface area (Å²) >= 11 is 3.13. The number of benzene rings is 2. The molecule has 1 aliphatic heterocycles. The topological polar surface area (TPSA) is 78.3 Å². The number of ether oxygens (including phenoxy) is 2. The number of nitrogens with one attached hydrogen (secondary N) is 1. The zero-order valence-corrected chi connectivity index (χ0v) is 19.8. The first-order valence-corrected chi connectivity index (χ1v) is 12.0. The fourth-order valence-corrected chi connectivity index (χ4v) is 6.11. The SMILES string of the molecule is COc1ccc([C@H]2SCC(=O)Nc3c2c(C)nn3-c2nc3ccc(C)cc3s2)cc1OC. The number of amides is 1. The maximum Gasteiger partial charge on any atom is 0.235 e. The highest BCUT2D eigenvalue weighted by molar-refractivity contribution is 8.00. The number of aryl methyl sites for hydroxylation is 2. The van der Waals surface area contributed by atoms with Gasteiger partial charge in [-0.15, -0.1) is 11.8 Å². The number of carbonyl (C=O) groups is 1. The first-order chi connectivity index (χ1) is 15.5. The lowest BCUT2D eigenvalue weighted by atomic mass is 10.0. The Balaban J connectivity index is 1.66. The molecule has 0 fully saturated rings. The highest BCUT2D eigenvalue weighted by Gasteiger charge is 2.31. The van der Waals surface area contributed by atoms with Gasteiger partial charge in [-0.05, 0) is 49.2 Å². The van der Waals surface area contributed by atoms with Crippen molar-refractivity contribution < 1.29 is 14.3 Å². The van der Waals surface area contributed by atoms with E-state index in [4.69, 9.17) is 19.6 Å². The van der Waals surface area contributed by atoms with Crippen LogP contribution >= 0.6 is 23.1 Å². The maximum atomic E-state index is 12.6. The van der Waals surface area contributed by atoms with Crippen LogP contribution < -0.4 is 14.8 Å². The predicted octanol–water partition coefficient (Wildman–Crippen LogP) is 4.89. The Morgan fingerprint density at radius 3 is 2.69 bits per heavy atom. The minimum atomic E-state index is -0.0888. The van der Waals surface area contributed by atoms with Crippen LogP contribution in [0.15, 0.2) is 36.4 Å². The number of thioether (sulfide) groups is 1. The van der Waals surface area contributed by atoms with Crippen molar-refractivity contribution in [3.8, 4) is 16.6 Å². The Kier molecular flexibility index (Phi) is 5.30. The van der Waals surface area contributed by atoms with E-state index in [9.17, 15) is 4.79 Å². The van der Waals surface area contributed by atoms with E-state index in [2.05, 4.69) is 18.3 Å². The first-order valence-electron chi connectivity index (χ1n) is 10.1.